The number of aromatic nitrogens is 1. The molecule has 0 bridgehead atoms. The van der Waals surface area contributed by atoms with E-state index in [0.717, 1.165) is 17.7 Å². The highest BCUT2D eigenvalue weighted by Crippen LogP contribution is 2.45. The fourth-order valence-corrected chi connectivity index (χ4v) is 3.63. The second-order valence-electron chi connectivity index (χ2n) is 9.69. The monoisotopic (exact) mass is 397 g/mol. The van der Waals surface area contributed by atoms with Gasteiger partial charge < -0.3 is 16.2 Å². The number of benzene rings is 1. The lowest BCUT2D eigenvalue weighted by molar-refractivity contribution is -0.117. The van der Waals surface area contributed by atoms with Crippen LogP contribution >= 0.6 is 0 Å². The Bertz CT molecular complexity index is 862. The molecule has 0 aliphatic rings. The zero-order chi connectivity index (χ0) is 22.0. The Balaban J connectivity index is 2.55. The van der Waals surface area contributed by atoms with Crippen molar-refractivity contribution in [1.82, 2.24) is 4.98 Å². The summed E-state index contributed by atoms with van der Waals surface area (Å²) >= 11 is 0. The molecule has 0 spiro atoms. The molecule has 1 aromatic carbocycles. The number of amides is 1. The number of hydrogen-bond donors (Lipinski definition) is 3. The molecule has 2 rings (SSSR count). The fraction of sp³-hybridized carbons (Fsp3) is 0.500. The van der Waals surface area contributed by atoms with E-state index in [-0.39, 0.29) is 28.4 Å². The average molecular weight is 398 g/mol. The van der Waals surface area contributed by atoms with Crippen molar-refractivity contribution in [2.75, 3.05) is 11.1 Å². The zero-order valence-corrected chi connectivity index (χ0v) is 18.8. The number of pyridine rings is 1. The first-order chi connectivity index (χ1) is 13.4. The van der Waals surface area contributed by atoms with Crippen LogP contribution in [0.3, 0.4) is 0 Å². The number of rotatable bonds is 5. The molecule has 1 heterocycles. The smallest absolute Gasteiger partial charge is 0.233 e. The van der Waals surface area contributed by atoms with Gasteiger partial charge in [0, 0.05) is 17.3 Å². The van der Waals surface area contributed by atoms with Crippen LogP contribution in [0.15, 0.2) is 30.5 Å². The minimum atomic E-state index is -0.376. The number of nitrogens with one attached hydrogen (secondary N) is 1. The summed E-state index contributed by atoms with van der Waals surface area (Å²) in [6.45, 7) is 14.2. The van der Waals surface area contributed by atoms with Crippen molar-refractivity contribution in [2.45, 2.75) is 78.1 Å². The normalized spacial score (nSPS) is 13.2. The highest BCUT2D eigenvalue weighted by atomic mass is 16.3. The molecule has 158 valence electrons. The van der Waals surface area contributed by atoms with E-state index >= 15 is 0 Å². The number of phenols is 1. The van der Waals surface area contributed by atoms with Crippen LogP contribution in [0.4, 0.5) is 11.4 Å². The summed E-state index contributed by atoms with van der Waals surface area (Å²) in [6.07, 6.45) is 3.26. The molecule has 0 saturated heterocycles. The Morgan fingerprint density at radius 2 is 1.83 bits per heavy atom. The Hall–Kier alpha value is -2.56. The lowest BCUT2D eigenvalue weighted by atomic mass is 9.78. The highest BCUT2D eigenvalue weighted by molar-refractivity contribution is 5.99. The van der Waals surface area contributed by atoms with Gasteiger partial charge in [-0.15, -0.1) is 0 Å². The van der Waals surface area contributed by atoms with Crippen LogP contribution in [-0.2, 0) is 15.6 Å². The first-order valence-electron chi connectivity index (χ1n) is 10.3. The molecule has 1 unspecified atom stereocenters. The molecule has 0 fully saturated rings. The lowest BCUT2D eigenvalue weighted by Crippen LogP contribution is -2.25. The molecule has 5 heteroatoms. The number of aromatic hydroxyl groups is 1. The van der Waals surface area contributed by atoms with Crippen LogP contribution < -0.4 is 11.1 Å². The van der Waals surface area contributed by atoms with Gasteiger partial charge in [-0.25, -0.2) is 0 Å². The summed E-state index contributed by atoms with van der Waals surface area (Å²) in [5.74, 6) is -0.288. The number of nitrogens with zero attached hydrogens (tertiary/aromatic N) is 1. The molecule has 0 radical (unpaired) electrons. The van der Waals surface area contributed by atoms with Gasteiger partial charge in [-0.05, 0) is 35.4 Å². The summed E-state index contributed by atoms with van der Waals surface area (Å²) in [5.41, 5.74) is 8.89. The maximum atomic E-state index is 13.2. The van der Waals surface area contributed by atoms with E-state index in [2.05, 4.69) is 10.3 Å². The maximum absolute atomic E-state index is 13.2. The van der Waals surface area contributed by atoms with E-state index in [1.807, 2.05) is 66.7 Å². The number of nitrogens with two attached hydrogens (primary N) is 1. The van der Waals surface area contributed by atoms with Crippen LogP contribution in [0.2, 0.25) is 0 Å². The predicted molar refractivity (Wildman–Crippen MR) is 120 cm³/mol. The second-order valence-corrected chi connectivity index (χ2v) is 9.69. The van der Waals surface area contributed by atoms with Gasteiger partial charge in [-0.2, -0.15) is 0 Å². The van der Waals surface area contributed by atoms with Gasteiger partial charge in [0.15, 0.2) is 0 Å². The summed E-state index contributed by atoms with van der Waals surface area (Å²) < 4.78 is 0. The largest absolute Gasteiger partial charge is 0.507 e. The number of hydrogen-bond acceptors (Lipinski definition) is 4. The van der Waals surface area contributed by atoms with Crippen LogP contribution in [0.1, 0.15) is 84.0 Å². The molecule has 4 N–H and O–H groups in total. The van der Waals surface area contributed by atoms with E-state index in [1.165, 1.54) is 0 Å². The molecule has 5 nitrogen and oxygen atoms in total. The average Bonchev–Trinajstić information content (AvgIpc) is 2.60. The van der Waals surface area contributed by atoms with Crippen molar-refractivity contribution < 1.29 is 9.90 Å². The van der Waals surface area contributed by atoms with E-state index < -0.39 is 0 Å². The fourth-order valence-electron chi connectivity index (χ4n) is 3.63. The van der Waals surface area contributed by atoms with Crippen molar-refractivity contribution in [3.05, 3.63) is 47.3 Å². The summed E-state index contributed by atoms with van der Waals surface area (Å²) in [4.78, 5) is 17.6. The van der Waals surface area contributed by atoms with Crippen LogP contribution in [0.5, 0.6) is 5.75 Å². The first kappa shape index (κ1) is 22.7. The standard InChI is InChI=1S/C24H35N3O2/c1-8-11-15(17-12-9-10-13-26-17)22(29)27-18-14-16(23(2,3)4)21(28)19(20(18)25)24(5,6)7/h9-10,12-15,28H,8,11,25H2,1-7H3,(H,27,29). The van der Waals surface area contributed by atoms with Gasteiger partial charge in [-0.1, -0.05) is 61.0 Å². The Morgan fingerprint density at radius 3 is 2.31 bits per heavy atom. The highest BCUT2D eigenvalue weighted by Gasteiger charge is 2.31. The number of nitrogen functional groups attached to an aromatic ring is 1. The molecule has 0 aliphatic heterocycles. The molecule has 1 atom stereocenters. The van der Waals surface area contributed by atoms with Crippen LogP contribution in [0, 0.1) is 0 Å². The minimum Gasteiger partial charge on any atom is -0.507 e. The first-order valence-corrected chi connectivity index (χ1v) is 10.3. The SMILES string of the molecule is CCCC(C(=O)Nc1cc(C(C)(C)C)c(O)c(C(C)(C)C)c1N)c1ccccn1. The number of carbonyl (C=O) groups is 1. The summed E-state index contributed by atoms with van der Waals surface area (Å²) in [5, 5.41) is 14.0. The molecular weight excluding hydrogens is 362 g/mol. The van der Waals surface area contributed by atoms with Crippen molar-refractivity contribution in [3.63, 3.8) is 0 Å². The third-order valence-corrected chi connectivity index (χ3v) is 5.09. The molecule has 0 aliphatic carbocycles. The van der Waals surface area contributed by atoms with Crippen LogP contribution in [0.25, 0.3) is 0 Å². The van der Waals surface area contributed by atoms with Crippen molar-refractivity contribution in [1.29, 1.82) is 0 Å². The van der Waals surface area contributed by atoms with E-state index in [9.17, 15) is 9.90 Å². The Morgan fingerprint density at radius 1 is 1.17 bits per heavy atom. The van der Waals surface area contributed by atoms with Crippen LogP contribution in [-0.4, -0.2) is 16.0 Å². The third-order valence-electron chi connectivity index (χ3n) is 5.09. The zero-order valence-electron chi connectivity index (χ0n) is 18.8. The number of phenolic OH excluding ortho intramolecular Hbond substituents is 1. The van der Waals surface area contributed by atoms with E-state index in [4.69, 9.17) is 5.73 Å². The van der Waals surface area contributed by atoms with Gasteiger partial charge in [0.1, 0.15) is 5.75 Å². The predicted octanol–water partition coefficient (Wildman–Crippen LogP) is 5.49. The third kappa shape index (κ3) is 5.08. The molecule has 1 amide bonds. The van der Waals surface area contributed by atoms with E-state index in [0.29, 0.717) is 23.4 Å². The van der Waals surface area contributed by atoms with Crippen molar-refractivity contribution >= 4 is 17.3 Å². The molecule has 1 aromatic heterocycles. The van der Waals surface area contributed by atoms with Gasteiger partial charge >= 0.3 is 0 Å². The maximum Gasteiger partial charge on any atom is 0.233 e. The number of carbonyl (C=O) groups excluding carboxylic acids is 1. The molecule has 29 heavy (non-hydrogen) atoms. The van der Waals surface area contributed by atoms with Crippen molar-refractivity contribution in [2.24, 2.45) is 0 Å². The molecule has 2 aromatic rings. The summed E-state index contributed by atoms with van der Waals surface area (Å²) in [6, 6.07) is 7.41. The summed E-state index contributed by atoms with van der Waals surface area (Å²) in [7, 11) is 0. The molecular formula is C24H35N3O2. The Kier molecular flexibility index (Phi) is 6.61. The topological polar surface area (TPSA) is 88.2 Å². The minimum absolute atomic E-state index is 0.136. The van der Waals surface area contributed by atoms with Gasteiger partial charge in [0.2, 0.25) is 5.91 Å². The quantitative estimate of drug-likeness (QED) is 0.460. The molecule has 0 saturated carbocycles. The Labute approximate surface area is 174 Å². The van der Waals surface area contributed by atoms with Gasteiger partial charge in [0.25, 0.3) is 0 Å². The van der Waals surface area contributed by atoms with E-state index in [1.54, 1.807) is 12.3 Å². The number of anilines is 2. The lowest BCUT2D eigenvalue weighted by Gasteiger charge is -2.30. The van der Waals surface area contributed by atoms with Crippen molar-refractivity contribution in [3.8, 4) is 5.75 Å². The second kappa shape index (κ2) is 8.44. The van der Waals surface area contributed by atoms with Gasteiger partial charge in [0.05, 0.1) is 23.0 Å². The van der Waals surface area contributed by atoms with Gasteiger partial charge in [-0.3, -0.25) is 9.78 Å².